The zero-order valence-corrected chi connectivity index (χ0v) is 14.0. The molecule has 22 heavy (non-hydrogen) atoms. The average Bonchev–Trinajstić information content (AvgIpc) is 2.48. The van der Waals surface area contributed by atoms with Gasteiger partial charge in [0.2, 0.25) is 0 Å². The van der Waals surface area contributed by atoms with E-state index in [1.54, 1.807) is 0 Å². The first-order valence-electron chi connectivity index (χ1n) is 8.42. The average molecular weight is 306 g/mol. The zero-order chi connectivity index (χ0) is 15.8. The Hall–Kier alpha value is -1.10. The summed E-state index contributed by atoms with van der Waals surface area (Å²) in [4.78, 5) is 2.35. The molecule has 1 aromatic rings. The number of β-amino-alcohol motifs (C(OH)–C–C–N with tert-alkyl or cyclic N) is 1. The summed E-state index contributed by atoms with van der Waals surface area (Å²) >= 11 is 0. The van der Waals surface area contributed by atoms with E-state index in [-0.39, 0.29) is 6.61 Å². The molecule has 0 aromatic heterocycles. The number of nitrogens with zero attached hydrogens (tertiary/aromatic N) is 1. The number of nitrogens with one attached hydrogen (secondary N) is 1. The molecule has 0 spiro atoms. The molecule has 0 amide bonds. The van der Waals surface area contributed by atoms with Crippen LogP contribution in [0.25, 0.3) is 0 Å². The van der Waals surface area contributed by atoms with Crippen LogP contribution >= 0.6 is 0 Å². The van der Waals surface area contributed by atoms with Crippen molar-refractivity contribution in [3.63, 3.8) is 0 Å². The Bertz CT molecular complexity index is 422. The molecule has 1 saturated heterocycles. The molecule has 4 heteroatoms. The summed E-state index contributed by atoms with van der Waals surface area (Å²) in [6.07, 6.45) is 2.45. The van der Waals surface area contributed by atoms with E-state index in [1.165, 1.54) is 24.0 Å². The van der Waals surface area contributed by atoms with Gasteiger partial charge in [-0.1, -0.05) is 6.07 Å². The Morgan fingerprint density at radius 2 is 1.86 bits per heavy atom. The standard InChI is InChI=1S/C18H30N2O2/c1-15-11-16(2)13-18(12-15)22-10-5-19-14-17-3-6-20(7-4-17)8-9-21/h11-13,17,19,21H,3-10,14H2,1-2H3. The van der Waals surface area contributed by atoms with Crippen molar-refractivity contribution in [2.24, 2.45) is 5.92 Å². The number of hydrogen-bond acceptors (Lipinski definition) is 4. The summed E-state index contributed by atoms with van der Waals surface area (Å²) in [5.74, 6) is 1.73. The maximum atomic E-state index is 8.95. The van der Waals surface area contributed by atoms with Crippen LogP contribution in [0.1, 0.15) is 24.0 Å². The van der Waals surface area contributed by atoms with Crippen LogP contribution in [0, 0.1) is 19.8 Å². The van der Waals surface area contributed by atoms with Crippen LogP contribution in [0.15, 0.2) is 18.2 Å². The lowest BCUT2D eigenvalue weighted by Gasteiger charge is -2.31. The normalized spacial score (nSPS) is 16.9. The minimum atomic E-state index is 0.276. The third kappa shape index (κ3) is 5.95. The number of piperidine rings is 1. The molecule has 0 aliphatic carbocycles. The lowest BCUT2D eigenvalue weighted by Crippen LogP contribution is -2.39. The van der Waals surface area contributed by atoms with Crippen molar-refractivity contribution in [3.05, 3.63) is 29.3 Å². The second-order valence-corrected chi connectivity index (χ2v) is 6.38. The first-order valence-corrected chi connectivity index (χ1v) is 8.42. The highest BCUT2D eigenvalue weighted by atomic mass is 16.5. The predicted octanol–water partition coefficient (Wildman–Crippen LogP) is 1.98. The molecule has 4 nitrogen and oxygen atoms in total. The SMILES string of the molecule is Cc1cc(C)cc(OCCNCC2CCN(CCO)CC2)c1. The van der Waals surface area contributed by atoms with Gasteiger partial charge in [-0.15, -0.1) is 0 Å². The van der Waals surface area contributed by atoms with E-state index >= 15 is 0 Å². The molecule has 2 rings (SSSR count). The van der Waals surface area contributed by atoms with Crippen LogP contribution < -0.4 is 10.1 Å². The van der Waals surface area contributed by atoms with Gasteiger partial charge in [-0.3, -0.25) is 0 Å². The Morgan fingerprint density at radius 3 is 2.50 bits per heavy atom. The zero-order valence-electron chi connectivity index (χ0n) is 14.0. The van der Waals surface area contributed by atoms with Gasteiger partial charge in [0.15, 0.2) is 0 Å². The van der Waals surface area contributed by atoms with Gasteiger partial charge >= 0.3 is 0 Å². The third-order valence-electron chi connectivity index (χ3n) is 4.30. The molecule has 0 saturated carbocycles. The molecule has 1 heterocycles. The van der Waals surface area contributed by atoms with Gasteiger partial charge < -0.3 is 20.1 Å². The molecular weight excluding hydrogens is 276 g/mol. The minimum absolute atomic E-state index is 0.276. The molecule has 2 N–H and O–H groups in total. The van der Waals surface area contributed by atoms with E-state index in [0.717, 1.165) is 44.4 Å². The molecule has 1 fully saturated rings. The van der Waals surface area contributed by atoms with E-state index < -0.39 is 0 Å². The summed E-state index contributed by atoms with van der Waals surface area (Å²) in [5.41, 5.74) is 2.50. The summed E-state index contributed by atoms with van der Waals surface area (Å²) in [7, 11) is 0. The second kappa shape index (κ2) is 9.13. The largest absolute Gasteiger partial charge is 0.492 e. The van der Waals surface area contributed by atoms with Crippen molar-refractivity contribution < 1.29 is 9.84 Å². The van der Waals surface area contributed by atoms with Gasteiger partial charge in [0.05, 0.1) is 6.61 Å². The Kier molecular flexibility index (Phi) is 7.16. The first kappa shape index (κ1) is 17.3. The highest BCUT2D eigenvalue weighted by Gasteiger charge is 2.17. The van der Waals surface area contributed by atoms with Gasteiger partial charge in [0, 0.05) is 13.1 Å². The van der Waals surface area contributed by atoms with Gasteiger partial charge in [-0.2, -0.15) is 0 Å². The summed E-state index contributed by atoms with van der Waals surface area (Å²) < 4.78 is 5.81. The van der Waals surface area contributed by atoms with Crippen molar-refractivity contribution in [3.8, 4) is 5.75 Å². The quantitative estimate of drug-likeness (QED) is 0.721. The van der Waals surface area contributed by atoms with Gasteiger partial charge in [-0.05, 0) is 75.5 Å². The van der Waals surface area contributed by atoms with Gasteiger partial charge in [0.25, 0.3) is 0 Å². The number of benzene rings is 1. The fraction of sp³-hybridized carbons (Fsp3) is 0.667. The maximum Gasteiger partial charge on any atom is 0.119 e. The number of ether oxygens (including phenoxy) is 1. The summed E-state index contributed by atoms with van der Waals surface area (Å²) in [6.45, 7) is 10.2. The first-order chi connectivity index (χ1) is 10.7. The highest BCUT2D eigenvalue weighted by molar-refractivity contribution is 5.32. The van der Waals surface area contributed by atoms with Crippen LogP contribution in [0.5, 0.6) is 5.75 Å². The number of aliphatic hydroxyl groups excluding tert-OH is 1. The van der Waals surface area contributed by atoms with Crippen LogP contribution in [0.2, 0.25) is 0 Å². The lowest BCUT2D eigenvalue weighted by atomic mass is 9.97. The number of hydrogen-bond donors (Lipinski definition) is 2. The monoisotopic (exact) mass is 306 g/mol. The molecule has 0 bridgehead atoms. The van der Waals surface area contributed by atoms with E-state index in [0.29, 0.717) is 6.61 Å². The molecule has 1 aliphatic rings. The fourth-order valence-corrected chi connectivity index (χ4v) is 3.12. The number of rotatable bonds is 8. The Balaban J connectivity index is 1.56. The van der Waals surface area contributed by atoms with Crippen molar-refractivity contribution in [2.75, 3.05) is 45.9 Å². The molecule has 0 radical (unpaired) electrons. The van der Waals surface area contributed by atoms with E-state index in [2.05, 4.69) is 42.3 Å². The van der Waals surface area contributed by atoms with Crippen molar-refractivity contribution in [1.82, 2.24) is 10.2 Å². The van der Waals surface area contributed by atoms with Gasteiger partial charge in [0.1, 0.15) is 12.4 Å². The second-order valence-electron chi connectivity index (χ2n) is 6.38. The van der Waals surface area contributed by atoms with E-state index in [1.807, 2.05) is 0 Å². The maximum absolute atomic E-state index is 8.95. The Morgan fingerprint density at radius 1 is 1.18 bits per heavy atom. The number of aryl methyl sites for hydroxylation is 2. The molecule has 1 aromatic carbocycles. The van der Waals surface area contributed by atoms with E-state index in [4.69, 9.17) is 9.84 Å². The summed E-state index contributed by atoms with van der Waals surface area (Å²) in [6, 6.07) is 6.34. The molecule has 124 valence electrons. The van der Waals surface area contributed by atoms with Gasteiger partial charge in [-0.25, -0.2) is 0 Å². The lowest BCUT2D eigenvalue weighted by molar-refractivity contribution is 0.146. The van der Waals surface area contributed by atoms with Crippen LogP contribution in [-0.2, 0) is 0 Å². The third-order valence-corrected chi connectivity index (χ3v) is 4.30. The minimum Gasteiger partial charge on any atom is -0.492 e. The number of aliphatic hydroxyl groups is 1. The molecule has 0 atom stereocenters. The van der Waals surface area contributed by atoms with Crippen LogP contribution in [-0.4, -0.2) is 55.9 Å². The number of likely N-dealkylation sites (tertiary alicyclic amines) is 1. The molecule has 1 aliphatic heterocycles. The highest BCUT2D eigenvalue weighted by Crippen LogP contribution is 2.17. The Labute approximate surface area is 134 Å². The van der Waals surface area contributed by atoms with Crippen molar-refractivity contribution >= 4 is 0 Å². The van der Waals surface area contributed by atoms with Crippen LogP contribution in [0.4, 0.5) is 0 Å². The fourth-order valence-electron chi connectivity index (χ4n) is 3.12. The smallest absolute Gasteiger partial charge is 0.119 e. The van der Waals surface area contributed by atoms with E-state index in [9.17, 15) is 0 Å². The predicted molar refractivity (Wildman–Crippen MR) is 90.5 cm³/mol. The topological polar surface area (TPSA) is 44.7 Å². The molecular formula is C18H30N2O2. The summed E-state index contributed by atoms with van der Waals surface area (Å²) in [5, 5.41) is 12.5. The van der Waals surface area contributed by atoms with Crippen molar-refractivity contribution in [2.45, 2.75) is 26.7 Å². The van der Waals surface area contributed by atoms with Crippen molar-refractivity contribution in [1.29, 1.82) is 0 Å². The molecule has 0 unspecified atom stereocenters. The van der Waals surface area contributed by atoms with Crippen LogP contribution in [0.3, 0.4) is 0 Å².